The Labute approximate surface area is 219 Å². The van der Waals surface area contributed by atoms with Crippen molar-refractivity contribution in [2.45, 2.75) is 20.1 Å². The van der Waals surface area contributed by atoms with Crippen LogP contribution < -0.4 is 14.5 Å². The fourth-order valence-corrected chi connectivity index (χ4v) is 4.37. The first-order valence-corrected chi connectivity index (χ1v) is 12.2. The Morgan fingerprint density at radius 2 is 1.69 bits per heavy atom. The first kappa shape index (κ1) is 25.8. The van der Waals surface area contributed by atoms with Gasteiger partial charge in [0.15, 0.2) is 0 Å². The second-order valence-electron chi connectivity index (χ2n) is 8.38. The van der Waals surface area contributed by atoms with Crippen LogP contribution >= 0.6 is 23.2 Å². The van der Waals surface area contributed by atoms with E-state index in [0.717, 1.165) is 5.56 Å². The number of rotatable bonds is 8. The van der Waals surface area contributed by atoms with E-state index in [0.29, 0.717) is 65.6 Å². The normalized spacial score (nSPS) is 13.4. The minimum absolute atomic E-state index is 0.131. The van der Waals surface area contributed by atoms with Gasteiger partial charge in [0, 0.05) is 41.3 Å². The number of hydrogen-bond donors (Lipinski definition) is 1. The summed E-state index contributed by atoms with van der Waals surface area (Å²) in [5.41, 5.74) is 2.84. The first-order valence-electron chi connectivity index (χ1n) is 11.5. The van der Waals surface area contributed by atoms with Gasteiger partial charge in [-0.3, -0.25) is 4.79 Å². The molecule has 0 atom stereocenters. The molecule has 9 heteroatoms. The summed E-state index contributed by atoms with van der Waals surface area (Å²) in [4.78, 5) is 28.3. The van der Waals surface area contributed by atoms with Crippen molar-refractivity contribution in [3.63, 3.8) is 0 Å². The maximum absolute atomic E-state index is 12.7. The number of halogens is 2. The molecule has 36 heavy (non-hydrogen) atoms. The van der Waals surface area contributed by atoms with Crippen molar-refractivity contribution < 1.29 is 24.2 Å². The lowest BCUT2D eigenvalue weighted by molar-refractivity contribution is -0.116. The van der Waals surface area contributed by atoms with Crippen LogP contribution in [-0.4, -0.2) is 43.3 Å². The smallest absolute Gasteiger partial charge is 0.337 e. The van der Waals surface area contributed by atoms with Gasteiger partial charge in [-0.05, 0) is 54.1 Å². The van der Waals surface area contributed by atoms with Crippen molar-refractivity contribution in [2.24, 2.45) is 0 Å². The summed E-state index contributed by atoms with van der Waals surface area (Å²) in [7, 11) is 0. The summed E-state index contributed by atoms with van der Waals surface area (Å²) < 4.78 is 11.4. The number of carbonyl (C=O) groups excluding carboxylic acids is 1. The molecule has 0 spiro atoms. The van der Waals surface area contributed by atoms with E-state index in [4.69, 9.17) is 32.7 Å². The molecule has 7 nitrogen and oxygen atoms in total. The van der Waals surface area contributed by atoms with Gasteiger partial charge in [0.05, 0.1) is 31.0 Å². The Bertz CT molecular complexity index is 1240. The highest BCUT2D eigenvalue weighted by molar-refractivity contribution is 6.30. The lowest BCUT2D eigenvalue weighted by Crippen LogP contribution is -2.37. The molecular weight excluding hydrogens is 503 g/mol. The van der Waals surface area contributed by atoms with Gasteiger partial charge in [-0.2, -0.15) is 0 Å². The fraction of sp³-hybridized carbons (Fsp3) is 0.259. The Kier molecular flexibility index (Phi) is 8.36. The second-order valence-corrected chi connectivity index (χ2v) is 9.25. The molecule has 3 aromatic carbocycles. The minimum Gasteiger partial charge on any atom is -0.489 e. The number of benzene rings is 3. The van der Waals surface area contributed by atoms with E-state index >= 15 is 0 Å². The highest BCUT2D eigenvalue weighted by atomic mass is 35.5. The molecule has 0 unspecified atom stereocenters. The van der Waals surface area contributed by atoms with E-state index in [1.165, 1.54) is 17.9 Å². The number of hydrogen-bond acceptors (Lipinski definition) is 5. The largest absolute Gasteiger partial charge is 0.489 e. The molecule has 1 aliphatic rings. The monoisotopic (exact) mass is 528 g/mol. The summed E-state index contributed by atoms with van der Waals surface area (Å²) in [5.74, 6) is -0.727. The highest BCUT2D eigenvalue weighted by Crippen LogP contribution is 2.31. The van der Waals surface area contributed by atoms with E-state index in [1.54, 1.807) is 42.5 Å². The van der Waals surface area contributed by atoms with Crippen molar-refractivity contribution in [3.8, 4) is 5.75 Å². The standard InChI is InChI=1S/C27H26Cl2N2O5/c1-18(32)31(23-7-8-25(24(15-23)27(33)34)30-10-12-35-13-11-30)16-20-14-22(29)6-9-26(20)36-17-19-2-4-21(28)5-3-19/h2-9,14-15H,10-13,16-17H2,1H3,(H,33,34). The maximum Gasteiger partial charge on any atom is 0.337 e. The van der Waals surface area contributed by atoms with Crippen LogP contribution in [0.5, 0.6) is 5.75 Å². The lowest BCUT2D eigenvalue weighted by Gasteiger charge is -2.31. The molecule has 0 bridgehead atoms. The van der Waals surface area contributed by atoms with Crippen LogP contribution in [-0.2, 0) is 22.7 Å². The molecular formula is C27H26Cl2N2O5. The van der Waals surface area contributed by atoms with Crippen LogP contribution in [0.4, 0.5) is 11.4 Å². The number of ether oxygens (including phenoxy) is 2. The lowest BCUT2D eigenvalue weighted by atomic mass is 10.1. The predicted octanol–water partition coefficient (Wildman–Crippen LogP) is 5.66. The number of amides is 1. The molecule has 0 radical (unpaired) electrons. The molecule has 188 valence electrons. The molecule has 0 saturated carbocycles. The average molecular weight is 529 g/mol. The fourth-order valence-electron chi connectivity index (χ4n) is 4.05. The number of carboxylic acids is 1. The molecule has 1 heterocycles. The molecule has 1 saturated heterocycles. The van der Waals surface area contributed by atoms with Crippen LogP contribution in [0.25, 0.3) is 0 Å². The Morgan fingerprint density at radius 1 is 1.00 bits per heavy atom. The van der Waals surface area contributed by atoms with Crippen molar-refractivity contribution in [1.29, 1.82) is 0 Å². The van der Waals surface area contributed by atoms with Gasteiger partial charge in [0.1, 0.15) is 12.4 Å². The van der Waals surface area contributed by atoms with E-state index in [1.807, 2.05) is 17.0 Å². The first-order chi connectivity index (χ1) is 17.3. The topological polar surface area (TPSA) is 79.3 Å². The van der Waals surface area contributed by atoms with E-state index < -0.39 is 5.97 Å². The SMILES string of the molecule is CC(=O)N(Cc1cc(Cl)ccc1OCc1ccc(Cl)cc1)c1ccc(N2CCOCC2)c(C(=O)O)c1. The summed E-state index contributed by atoms with van der Waals surface area (Å²) in [6.07, 6.45) is 0. The third kappa shape index (κ3) is 6.29. The number of anilines is 2. The van der Waals surface area contributed by atoms with Crippen molar-refractivity contribution in [1.82, 2.24) is 0 Å². The van der Waals surface area contributed by atoms with Crippen molar-refractivity contribution in [2.75, 3.05) is 36.1 Å². The van der Waals surface area contributed by atoms with Crippen molar-refractivity contribution >= 4 is 46.5 Å². The number of nitrogens with zero attached hydrogens (tertiary/aromatic N) is 2. The minimum atomic E-state index is -1.06. The number of aromatic carboxylic acids is 1. The summed E-state index contributed by atoms with van der Waals surface area (Å²) in [6, 6.07) is 17.6. The molecule has 1 amide bonds. The van der Waals surface area contributed by atoms with Gasteiger partial charge in [0.2, 0.25) is 5.91 Å². The second kappa shape index (κ2) is 11.6. The Hall–Kier alpha value is -3.26. The van der Waals surface area contributed by atoms with E-state index in [9.17, 15) is 14.7 Å². The van der Waals surface area contributed by atoms with Gasteiger partial charge >= 0.3 is 5.97 Å². The highest BCUT2D eigenvalue weighted by Gasteiger charge is 2.22. The molecule has 0 aliphatic carbocycles. The summed E-state index contributed by atoms with van der Waals surface area (Å²) in [6.45, 7) is 4.18. The third-order valence-electron chi connectivity index (χ3n) is 5.91. The quantitative estimate of drug-likeness (QED) is 0.406. The molecule has 1 aliphatic heterocycles. The molecule has 3 aromatic rings. The zero-order chi connectivity index (χ0) is 25.7. The van der Waals surface area contributed by atoms with Crippen LogP contribution in [0.15, 0.2) is 60.7 Å². The van der Waals surface area contributed by atoms with Gasteiger partial charge in [-0.15, -0.1) is 0 Å². The van der Waals surface area contributed by atoms with Gasteiger partial charge < -0.3 is 24.4 Å². The number of carbonyl (C=O) groups is 2. The maximum atomic E-state index is 12.7. The molecule has 1 N–H and O–H groups in total. The van der Waals surface area contributed by atoms with Gasteiger partial charge in [-0.1, -0.05) is 35.3 Å². The van der Waals surface area contributed by atoms with Crippen LogP contribution in [0.2, 0.25) is 10.0 Å². The Balaban J connectivity index is 1.61. The van der Waals surface area contributed by atoms with Gasteiger partial charge in [-0.25, -0.2) is 4.79 Å². The average Bonchev–Trinajstić information content (AvgIpc) is 2.87. The van der Waals surface area contributed by atoms with Crippen LogP contribution in [0.1, 0.15) is 28.4 Å². The third-order valence-corrected chi connectivity index (χ3v) is 6.40. The van der Waals surface area contributed by atoms with E-state index in [2.05, 4.69) is 0 Å². The Morgan fingerprint density at radius 3 is 2.36 bits per heavy atom. The zero-order valence-corrected chi connectivity index (χ0v) is 21.3. The zero-order valence-electron chi connectivity index (χ0n) is 19.7. The van der Waals surface area contributed by atoms with Gasteiger partial charge in [0.25, 0.3) is 0 Å². The summed E-state index contributed by atoms with van der Waals surface area (Å²) in [5, 5.41) is 11.0. The molecule has 4 rings (SSSR count). The predicted molar refractivity (Wildman–Crippen MR) is 141 cm³/mol. The molecule has 0 aromatic heterocycles. The molecule has 1 fully saturated rings. The van der Waals surface area contributed by atoms with Crippen LogP contribution in [0, 0.1) is 0 Å². The van der Waals surface area contributed by atoms with Crippen LogP contribution in [0.3, 0.4) is 0 Å². The summed E-state index contributed by atoms with van der Waals surface area (Å²) >= 11 is 12.2. The van der Waals surface area contributed by atoms with Crippen molar-refractivity contribution in [3.05, 3.63) is 87.4 Å². The van der Waals surface area contributed by atoms with E-state index in [-0.39, 0.29) is 18.0 Å². The number of morpholine rings is 1. The number of carboxylic acid groups (broad SMARTS) is 1.